The molecule has 1 aliphatic carbocycles. The quantitative estimate of drug-likeness (QED) is 0.326. The molecule has 0 saturated heterocycles. The van der Waals surface area contributed by atoms with Gasteiger partial charge in [0.15, 0.2) is 0 Å². The summed E-state index contributed by atoms with van der Waals surface area (Å²) in [7, 11) is 0. The first-order valence-corrected chi connectivity index (χ1v) is 11.0. The van der Waals surface area contributed by atoms with Crippen LogP contribution in [0.1, 0.15) is 116 Å². The second kappa shape index (κ2) is 14.8. The molecule has 1 heterocycles. The fourth-order valence-corrected chi connectivity index (χ4v) is 4.10. The van der Waals surface area contributed by atoms with Gasteiger partial charge in [-0.25, -0.2) is 9.13 Å². The summed E-state index contributed by atoms with van der Waals surface area (Å²) >= 11 is 0. The zero-order chi connectivity index (χ0) is 16.9. The Kier molecular flexibility index (Phi) is 13.5. The van der Waals surface area contributed by atoms with Crippen molar-refractivity contribution >= 4 is 0 Å². The van der Waals surface area contributed by atoms with E-state index in [1.807, 2.05) is 0 Å². The Labute approximate surface area is 167 Å². The molecule has 0 atom stereocenters. The summed E-state index contributed by atoms with van der Waals surface area (Å²) < 4.78 is 4.85. The van der Waals surface area contributed by atoms with Gasteiger partial charge >= 0.3 is 0 Å². The maximum absolute atomic E-state index is 2.45. The van der Waals surface area contributed by atoms with E-state index in [-0.39, 0.29) is 17.0 Å². The van der Waals surface area contributed by atoms with Crippen LogP contribution in [0, 0.1) is 0 Å². The van der Waals surface area contributed by atoms with Gasteiger partial charge in [-0.1, -0.05) is 71.1 Å². The predicted molar refractivity (Wildman–Crippen MR) is 103 cm³/mol. The summed E-state index contributed by atoms with van der Waals surface area (Å²) in [4.78, 5) is 0. The van der Waals surface area contributed by atoms with E-state index >= 15 is 0 Å². The van der Waals surface area contributed by atoms with Gasteiger partial charge in [-0.3, -0.25) is 0 Å². The van der Waals surface area contributed by atoms with E-state index < -0.39 is 0 Å². The lowest BCUT2D eigenvalue weighted by Crippen LogP contribution is -3.00. The molecule has 0 aromatic carbocycles. The van der Waals surface area contributed by atoms with Crippen LogP contribution in [-0.4, -0.2) is 4.57 Å². The number of aromatic nitrogens is 2. The summed E-state index contributed by atoms with van der Waals surface area (Å²) in [5.74, 6) is 0. The Morgan fingerprint density at radius 2 is 1.32 bits per heavy atom. The summed E-state index contributed by atoms with van der Waals surface area (Å²) in [6.45, 7) is 3.50. The van der Waals surface area contributed by atoms with Crippen LogP contribution < -0.4 is 21.5 Å². The smallest absolute Gasteiger partial charge is 0.243 e. The van der Waals surface area contributed by atoms with Crippen LogP contribution in [0.2, 0.25) is 0 Å². The maximum atomic E-state index is 2.45. The van der Waals surface area contributed by atoms with Gasteiger partial charge in [-0.05, 0) is 38.5 Å². The van der Waals surface area contributed by atoms with E-state index in [2.05, 4.69) is 34.8 Å². The van der Waals surface area contributed by atoms with E-state index in [9.17, 15) is 0 Å². The van der Waals surface area contributed by atoms with E-state index in [1.54, 1.807) is 0 Å². The molecular formula is C22H41BrN2. The van der Waals surface area contributed by atoms with Crippen LogP contribution in [0.4, 0.5) is 0 Å². The van der Waals surface area contributed by atoms with Crippen LogP contribution in [0.25, 0.3) is 0 Å². The highest BCUT2D eigenvalue weighted by Crippen LogP contribution is 2.28. The first-order chi connectivity index (χ1) is 11.9. The second-order valence-corrected chi connectivity index (χ2v) is 7.93. The Bertz CT molecular complexity index is 410. The minimum atomic E-state index is 0. The molecule has 0 N–H and O–H groups in total. The van der Waals surface area contributed by atoms with Gasteiger partial charge in [0.05, 0.1) is 6.54 Å². The van der Waals surface area contributed by atoms with Crippen molar-refractivity contribution < 1.29 is 21.5 Å². The van der Waals surface area contributed by atoms with Crippen molar-refractivity contribution in [2.24, 2.45) is 0 Å². The predicted octanol–water partition coefficient (Wildman–Crippen LogP) is 3.60. The van der Waals surface area contributed by atoms with Crippen molar-refractivity contribution in [3.63, 3.8) is 0 Å². The molecule has 1 aromatic rings. The van der Waals surface area contributed by atoms with Crippen LogP contribution in [0.15, 0.2) is 18.7 Å². The highest BCUT2D eigenvalue weighted by molar-refractivity contribution is 4.79. The number of nitrogens with zero attached hydrogens (tertiary/aromatic N) is 2. The maximum Gasteiger partial charge on any atom is 0.243 e. The Morgan fingerprint density at radius 3 is 1.88 bits per heavy atom. The van der Waals surface area contributed by atoms with E-state index in [0.29, 0.717) is 0 Å². The highest BCUT2D eigenvalue weighted by atomic mass is 79.9. The molecule has 1 fully saturated rings. The third kappa shape index (κ3) is 9.82. The first kappa shape index (κ1) is 22.7. The van der Waals surface area contributed by atoms with Crippen molar-refractivity contribution in [3.05, 3.63) is 18.7 Å². The normalized spacial score (nSPS) is 14.8. The Morgan fingerprint density at radius 1 is 0.800 bits per heavy atom. The minimum absolute atomic E-state index is 0. The van der Waals surface area contributed by atoms with Crippen molar-refractivity contribution in [3.8, 4) is 0 Å². The van der Waals surface area contributed by atoms with Crippen molar-refractivity contribution in [1.82, 2.24) is 4.57 Å². The van der Waals surface area contributed by atoms with Crippen molar-refractivity contribution in [2.45, 2.75) is 122 Å². The molecular weight excluding hydrogens is 372 g/mol. The van der Waals surface area contributed by atoms with Gasteiger partial charge < -0.3 is 17.0 Å². The molecule has 25 heavy (non-hydrogen) atoms. The van der Waals surface area contributed by atoms with Gasteiger partial charge in [-0.15, -0.1) is 0 Å². The number of hydrogen-bond donors (Lipinski definition) is 0. The molecule has 0 bridgehead atoms. The number of unbranched alkanes of at least 4 members (excludes halogenated alkanes) is 11. The number of halogens is 1. The zero-order valence-electron chi connectivity index (χ0n) is 16.6. The van der Waals surface area contributed by atoms with Gasteiger partial charge in [-0.2, -0.15) is 0 Å². The summed E-state index contributed by atoms with van der Waals surface area (Å²) in [5, 5.41) is 0. The molecule has 0 aliphatic heterocycles. The van der Waals surface area contributed by atoms with Gasteiger partial charge in [0.1, 0.15) is 18.4 Å². The van der Waals surface area contributed by atoms with Crippen LogP contribution >= 0.6 is 0 Å². The van der Waals surface area contributed by atoms with Crippen molar-refractivity contribution in [2.75, 3.05) is 0 Å². The topological polar surface area (TPSA) is 8.81 Å². The fraction of sp³-hybridized carbons (Fsp3) is 0.864. The van der Waals surface area contributed by atoms with E-state index in [1.165, 1.54) is 109 Å². The van der Waals surface area contributed by atoms with E-state index in [0.717, 1.165) is 6.04 Å². The SMILES string of the molecule is CCCCCCCCCCCCCC[n+]1ccn(C2CCCC2)c1.[Br-]. The average Bonchev–Trinajstić information content (AvgIpc) is 3.27. The molecule has 0 unspecified atom stereocenters. The number of rotatable bonds is 14. The third-order valence-electron chi connectivity index (χ3n) is 5.73. The molecule has 3 heteroatoms. The minimum Gasteiger partial charge on any atom is -1.00 e. The zero-order valence-corrected chi connectivity index (χ0v) is 18.2. The molecule has 2 nitrogen and oxygen atoms in total. The molecule has 0 spiro atoms. The number of hydrogen-bond acceptors (Lipinski definition) is 0. The molecule has 2 rings (SSSR count). The fourth-order valence-electron chi connectivity index (χ4n) is 4.10. The first-order valence-electron chi connectivity index (χ1n) is 11.0. The molecule has 146 valence electrons. The van der Waals surface area contributed by atoms with E-state index in [4.69, 9.17) is 0 Å². The lowest BCUT2D eigenvalue weighted by Gasteiger charge is -2.03. The van der Waals surface area contributed by atoms with Crippen LogP contribution in [0.5, 0.6) is 0 Å². The lowest BCUT2D eigenvalue weighted by molar-refractivity contribution is -0.697. The lowest BCUT2D eigenvalue weighted by atomic mass is 10.1. The van der Waals surface area contributed by atoms with Gasteiger partial charge in [0, 0.05) is 0 Å². The Hall–Kier alpha value is -0.310. The molecule has 1 aromatic heterocycles. The molecule has 1 saturated carbocycles. The van der Waals surface area contributed by atoms with Crippen molar-refractivity contribution in [1.29, 1.82) is 0 Å². The monoisotopic (exact) mass is 412 g/mol. The average molecular weight is 413 g/mol. The summed E-state index contributed by atoms with van der Waals surface area (Å²) in [6.07, 6.45) is 29.7. The summed E-state index contributed by atoms with van der Waals surface area (Å²) in [5.41, 5.74) is 0. The second-order valence-electron chi connectivity index (χ2n) is 7.93. The molecule has 1 aliphatic rings. The largest absolute Gasteiger partial charge is 1.00 e. The molecule has 0 amide bonds. The van der Waals surface area contributed by atoms with Gasteiger partial charge in [0.2, 0.25) is 6.33 Å². The van der Waals surface area contributed by atoms with Crippen LogP contribution in [0.3, 0.4) is 0 Å². The Balaban J connectivity index is 0.00000312. The molecule has 0 radical (unpaired) electrons. The van der Waals surface area contributed by atoms with Crippen LogP contribution in [-0.2, 0) is 6.54 Å². The van der Waals surface area contributed by atoms with Gasteiger partial charge in [0.25, 0.3) is 0 Å². The summed E-state index contributed by atoms with van der Waals surface area (Å²) in [6, 6.07) is 0.785. The number of imidazole rings is 1. The highest BCUT2D eigenvalue weighted by Gasteiger charge is 2.21. The number of aryl methyl sites for hydroxylation is 1. The standard InChI is InChI=1S/C22H41N2.BrH/c1-2-3-4-5-6-7-8-9-10-11-12-15-18-23-19-20-24(21-23)22-16-13-14-17-22;/h19-22H,2-18H2,1H3;1H/q+1;/p-1. The third-order valence-corrected chi connectivity index (χ3v) is 5.73.